The maximum absolute atomic E-state index is 12.2. The van der Waals surface area contributed by atoms with Crippen molar-refractivity contribution in [3.8, 4) is 11.5 Å². The predicted molar refractivity (Wildman–Crippen MR) is 97.4 cm³/mol. The molecule has 0 aliphatic carbocycles. The zero-order valence-corrected chi connectivity index (χ0v) is 15.4. The van der Waals surface area contributed by atoms with Crippen LogP contribution in [0.15, 0.2) is 24.3 Å². The van der Waals surface area contributed by atoms with Gasteiger partial charge < -0.3 is 19.4 Å². The van der Waals surface area contributed by atoms with Gasteiger partial charge in [-0.2, -0.15) is 0 Å². The summed E-state index contributed by atoms with van der Waals surface area (Å²) >= 11 is 0. The summed E-state index contributed by atoms with van der Waals surface area (Å²) in [6.07, 6.45) is 4.67. The Morgan fingerprint density at radius 3 is 2.73 bits per heavy atom. The first kappa shape index (κ1) is 18.2. The molecule has 0 spiro atoms. The quantitative estimate of drug-likeness (QED) is 0.820. The fourth-order valence-electron chi connectivity index (χ4n) is 3.08. The maximum atomic E-state index is 12.2. The number of aryl methyl sites for hydroxylation is 1. The fourth-order valence-corrected chi connectivity index (χ4v) is 3.08. The highest BCUT2D eigenvalue weighted by Gasteiger charge is 2.17. The number of methoxy groups -OCH3 is 1. The molecule has 1 N–H and O–H groups in total. The van der Waals surface area contributed by atoms with E-state index in [1.807, 2.05) is 0 Å². The van der Waals surface area contributed by atoms with Gasteiger partial charge in [0.15, 0.2) is 6.10 Å². The third-order valence-electron chi connectivity index (χ3n) is 4.58. The van der Waals surface area contributed by atoms with E-state index in [2.05, 4.69) is 20.1 Å². The van der Waals surface area contributed by atoms with Gasteiger partial charge in [0.05, 0.1) is 7.11 Å². The van der Waals surface area contributed by atoms with E-state index in [1.165, 1.54) is 12.8 Å². The van der Waals surface area contributed by atoms with Crippen molar-refractivity contribution >= 4 is 5.91 Å². The number of hydrogen-bond acceptors (Lipinski definition) is 5. The zero-order chi connectivity index (χ0) is 18.4. The third kappa shape index (κ3) is 4.53. The maximum Gasteiger partial charge on any atom is 0.260 e. The van der Waals surface area contributed by atoms with Crippen LogP contribution in [0, 0.1) is 0 Å². The van der Waals surface area contributed by atoms with E-state index in [1.54, 1.807) is 38.3 Å². The Labute approximate surface area is 153 Å². The molecule has 3 rings (SSSR count). The number of carbonyl (C=O) groups excluding carboxylic acids is 1. The normalized spacial score (nSPS) is 14.8. The molecular formula is C19H26N4O3. The minimum absolute atomic E-state index is 0.142. The molecule has 2 aromatic rings. The van der Waals surface area contributed by atoms with Gasteiger partial charge in [-0.15, -0.1) is 10.2 Å². The fraction of sp³-hybridized carbons (Fsp3) is 0.526. The van der Waals surface area contributed by atoms with E-state index < -0.39 is 6.10 Å². The standard InChI is InChI=1S/C19H26N4O3/c1-14(26-16-9-7-15(25-2)8-10-16)19(24)20-12-11-18-22-21-17-6-4-3-5-13-23(17)18/h7-10,14H,3-6,11-13H2,1-2H3,(H,20,24). The minimum atomic E-state index is -0.570. The van der Waals surface area contributed by atoms with Crippen molar-refractivity contribution in [2.45, 2.75) is 51.7 Å². The predicted octanol–water partition coefficient (Wildman–Crippen LogP) is 2.14. The number of rotatable bonds is 7. The average molecular weight is 358 g/mol. The van der Waals surface area contributed by atoms with Crippen LogP contribution in [-0.2, 0) is 24.2 Å². The van der Waals surface area contributed by atoms with Crippen molar-refractivity contribution < 1.29 is 14.3 Å². The number of hydrogen-bond donors (Lipinski definition) is 1. The summed E-state index contributed by atoms with van der Waals surface area (Å²) in [4.78, 5) is 12.2. The number of nitrogens with one attached hydrogen (secondary N) is 1. The van der Waals surface area contributed by atoms with Crippen molar-refractivity contribution in [3.63, 3.8) is 0 Å². The molecular weight excluding hydrogens is 332 g/mol. The summed E-state index contributed by atoms with van der Waals surface area (Å²) < 4.78 is 13.0. The van der Waals surface area contributed by atoms with Crippen molar-refractivity contribution in [3.05, 3.63) is 35.9 Å². The molecule has 2 heterocycles. The van der Waals surface area contributed by atoms with E-state index in [0.29, 0.717) is 18.7 Å². The van der Waals surface area contributed by atoms with Gasteiger partial charge >= 0.3 is 0 Å². The van der Waals surface area contributed by atoms with Crippen LogP contribution in [0.25, 0.3) is 0 Å². The monoisotopic (exact) mass is 358 g/mol. The van der Waals surface area contributed by atoms with E-state index in [-0.39, 0.29) is 5.91 Å². The molecule has 0 radical (unpaired) electrons. The van der Waals surface area contributed by atoms with Crippen LogP contribution in [-0.4, -0.2) is 40.4 Å². The molecule has 26 heavy (non-hydrogen) atoms. The Balaban J connectivity index is 1.47. The van der Waals surface area contributed by atoms with Gasteiger partial charge in [-0.1, -0.05) is 6.42 Å². The Morgan fingerprint density at radius 1 is 1.19 bits per heavy atom. The molecule has 1 aliphatic heterocycles. The van der Waals surface area contributed by atoms with Crippen molar-refractivity contribution in [1.29, 1.82) is 0 Å². The molecule has 7 nitrogen and oxygen atoms in total. The van der Waals surface area contributed by atoms with Gasteiger partial charge in [0.2, 0.25) is 0 Å². The first-order valence-corrected chi connectivity index (χ1v) is 9.17. The third-order valence-corrected chi connectivity index (χ3v) is 4.58. The highest BCUT2D eigenvalue weighted by Crippen LogP contribution is 2.18. The molecule has 0 saturated heterocycles. The molecule has 0 fully saturated rings. The van der Waals surface area contributed by atoms with Gasteiger partial charge in [0, 0.05) is 25.9 Å². The Morgan fingerprint density at radius 2 is 1.96 bits per heavy atom. The Bertz CT molecular complexity index is 727. The van der Waals surface area contributed by atoms with Gasteiger partial charge in [0.1, 0.15) is 23.1 Å². The van der Waals surface area contributed by atoms with Crippen molar-refractivity contribution in [1.82, 2.24) is 20.1 Å². The summed E-state index contributed by atoms with van der Waals surface area (Å²) in [6.45, 7) is 3.23. The molecule has 1 atom stereocenters. The summed E-state index contributed by atoms with van der Waals surface area (Å²) in [5.74, 6) is 3.26. The van der Waals surface area contributed by atoms with Crippen LogP contribution in [0.1, 0.15) is 37.8 Å². The summed E-state index contributed by atoms with van der Waals surface area (Å²) in [5.41, 5.74) is 0. The van der Waals surface area contributed by atoms with E-state index in [0.717, 1.165) is 36.8 Å². The number of amides is 1. The lowest BCUT2D eigenvalue weighted by Gasteiger charge is -2.15. The van der Waals surface area contributed by atoms with Crippen LogP contribution < -0.4 is 14.8 Å². The second-order valence-electron chi connectivity index (χ2n) is 6.47. The number of ether oxygens (including phenoxy) is 2. The molecule has 1 aliphatic rings. The van der Waals surface area contributed by atoms with Gasteiger partial charge in [0.25, 0.3) is 5.91 Å². The second-order valence-corrected chi connectivity index (χ2v) is 6.47. The van der Waals surface area contributed by atoms with Gasteiger partial charge in [-0.25, -0.2) is 0 Å². The molecule has 1 aromatic carbocycles. The summed E-state index contributed by atoms with van der Waals surface area (Å²) in [5, 5.41) is 11.5. The molecule has 0 saturated carbocycles. The number of benzene rings is 1. The van der Waals surface area contributed by atoms with Gasteiger partial charge in [-0.05, 0) is 44.0 Å². The topological polar surface area (TPSA) is 78.3 Å². The molecule has 1 aromatic heterocycles. The van der Waals surface area contributed by atoms with Crippen LogP contribution in [0.2, 0.25) is 0 Å². The SMILES string of the molecule is COc1ccc(OC(C)C(=O)NCCc2nnc3n2CCCCC3)cc1. The summed E-state index contributed by atoms with van der Waals surface area (Å²) in [6, 6.07) is 7.18. The molecule has 140 valence electrons. The molecule has 0 bridgehead atoms. The molecule has 1 amide bonds. The lowest BCUT2D eigenvalue weighted by Crippen LogP contribution is -2.37. The van der Waals surface area contributed by atoms with E-state index in [9.17, 15) is 4.79 Å². The Hall–Kier alpha value is -2.57. The number of aromatic nitrogens is 3. The minimum Gasteiger partial charge on any atom is -0.497 e. The number of nitrogens with zero attached hydrogens (tertiary/aromatic N) is 3. The van der Waals surface area contributed by atoms with Crippen molar-refractivity contribution in [2.75, 3.05) is 13.7 Å². The van der Waals surface area contributed by atoms with Crippen LogP contribution >= 0.6 is 0 Å². The first-order valence-electron chi connectivity index (χ1n) is 9.17. The van der Waals surface area contributed by atoms with E-state index >= 15 is 0 Å². The largest absolute Gasteiger partial charge is 0.497 e. The zero-order valence-electron chi connectivity index (χ0n) is 15.4. The second kappa shape index (κ2) is 8.69. The van der Waals surface area contributed by atoms with Crippen LogP contribution in [0.4, 0.5) is 0 Å². The highest BCUT2D eigenvalue weighted by molar-refractivity contribution is 5.80. The number of fused-ring (bicyclic) bond motifs is 1. The Kier molecular flexibility index (Phi) is 6.09. The molecule has 7 heteroatoms. The molecule has 1 unspecified atom stereocenters. The van der Waals surface area contributed by atoms with Crippen LogP contribution in [0.3, 0.4) is 0 Å². The van der Waals surface area contributed by atoms with E-state index in [4.69, 9.17) is 9.47 Å². The highest BCUT2D eigenvalue weighted by atomic mass is 16.5. The average Bonchev–Trinajstić information content (AvgIpc) is 2.88. The first-order chi connectivity index (χ1) is 12.7. The number of carbonyl (C=O) groups is 1. The summed E-state index contributed by atoms with van der Waals surface area (Å²) in [7, 11) is 1.61. The van der Waals surface area contributed by atoms with Crippen molar-refractivity contribution in [2.24, 2.45) is 0 Å². The lowest BCUT2D eigenvalue weighted by molar-refractivity contribution is -0.127. The smallest absolute Gasteiger partial charge is 0.260 e. The lowest BCUT2D eigenvalue weighted by atomic mass is 10.2. The van der Waals surface area contributed by atoms with Crippen LogP contribution in [0.5, 0.6) is 11.5 Å². The van der Waals surface area contributed by atoms with Gasteiger partial charge in [-0.3, -0.25) is 4.79 Å².